The summed E-state index contributed by atoms with van der Waals surface area (Å²) in [5.41, 5.74) is 3.41. The molecule has 0 bridgehead atoms. The molecular formula is C15H18N4O. The van der Waals surface area contributed by atoms with E-state index in [0.717, 1.165) is 16.9 Å². The molecule has 2 rings (SSSR count). The van der Waals surface area contributed by atoms with Gasteiger partial charge in [0.15, 0.2) is 0 Å². The highest BCUT2D eigenvalue weighted by Gasteiger charge is 2.09. The zero-order chi connectivity index (χ0) is 14.5. The van der Waals surface area contributed by atoms with Crippen LogP contribution >= 0.6 is 0 Å². The number of anilines is 1. The van der Waals surface area contributed by atoms with E-state index in [1.54, 1.807) is 12.3 Å². The third-order valence-corrected chi connectivity index (χ3v) is 3.02. The molecule has 5 heteroatoms. The van der Waals surface area contributed by atoms with Crippen LogP contribution in [0.4, 0.5) is 5.69 Å². The molecule has 1 amide bonds. The molecule has 0 atom stereocenters. The molecule has 1 aromatic heterocycles. The van der Waals surface area contributed by atoms with Crippen LogP contribution in [0.5, 0.6) is 0 Å². The number of amides is 1. The molecule has 0 saturated carbocycles. The number of nitrogens with zero attached hydrogens (tertiary/aromatic N) is 2. The molecule has 1 aromatic carbocycles. The Morgan fingerprint density at radius 3 is 2.70 bits per heavy atom. The number of aryl methyl sites for hydroxylation is 2. The van der Waals surface area contributed by atoms with E-state index in [0.29, 0.717) is 17.9 Å². The summed E-state index contributed by atoms with van der Waals surface area (Å²) in [6.07, 6.45) is 1.69. The van der Waals surface area contributed by atoms with Crippen LogP contribution in [0.1, 0.15) is 27.4 Å². The van der Waals surface area contributed by atoms with Crippen molar-refractivity contribution in [2.45, 2.75) is 20.4 Å². The summed E-state index contributed by atoms with van der Waals surface area (Å²) in [6.45, 7) is 4.14. The van der Waals surface area contributed by atoms with Crippen LogP contribution in [0.15, 0.2) is 30.5 Å². The molecule has 2 N–H and O–H groups in total. The largest absolute Gasteiger partial charge is 0.388 e. The molecule has 104 valence electrons. The van der Waals surface area contributed by atoms with Crippen molar-refractivity contribution in [3.8, 4) is 0 Å². The zero-order valence-corrected chi connectivity index (χ0v) is 11.9. The van der Waals surface area contributed by atoms with Crippen LogP contribution in [0.3, 0.4) is 0 Å². The number of aromatic nitrogens is 2. The van der Waals surface area contributed by atoms with Crippen molar-refractivity contribution in [2.24, 2.45) is 0 Å². The quantitative estimate of drug-likeness (QED) is 0.892. The van der Waals surface area contributed by atoms with E-state index in [4.69, 9.17) is 0 Å². The molecule has 0 radical (unpaired) electrons. The van der Waals surface area contributed by atoms with Gasteiger partial charge in [-0.05, 0) is 43.7 Å². The van der Waals surface area contributed by atoms with Gasteiger partial charge in [0.2, 0.25) is 0 Å². The minimum Gasteiger partial charge on any atom is -0.388 e. The Labute approximate surface area is 118 Å². The Morgan fingerprint density at radius 2 is 2.05 bits per heavy atom. The van der Waals surface area contributed by atoms with Crippen molar-refractivity contribution in [2.75, 3.05) is 12.4 Å². The lowest BCUT2D eigenvalue weighted by molar-refractivity contribution is 0.0950. The van der Waals surface area contributed by atoms with Gasteiger partial charge in [-0.25, -0.2) is 9.97 Å². The first kappa shape index (κ1) is 14.0. The second-order valence-corrected chi connectivity index (χ2v) is 4.56. The molecule has 0 fully saturated rings. The van der Waals surface area contributed by atoms with Gasteiger partial charge in [0.05, 0.1) is 12.2 Å². The van der Waals surface area contributed by atoms with Crippen LogP contribution in [-0.4, -0.2) is 22.9 Å². The summed E-state index contributed by atoms with van der Waals surface area (Å²) < 4.78 is 0. The smallest absolute Gasteiger partial charge is 0.251 e. The van der Waals surface area contributed by atoms with Crippen molar-refractivity contribution in [1.29, 1.82) is 0 Å². The second-order valence-electron chi connectivity index (χ2n) is 4.56. The number of hydrogen-bond acceptors (Lipinski definition) is 4. The SMILES string of the molecule is CNc1ccc(C(=O)NCc2ccnc(C)n2)c(C)c1. The Bertz CT molecular complexity index is 625. The number of rotatable bonds is 4. The molecule has 0 saturated heterocycles. The topological polar surface area (TPSA) is 66.9 Å². The van der Waals surface area contributed by atoms with E-state index in [-0.39, 0.29) is 5.91 Å². The molecular weight excluding hydrogens is 252 g/mol. The van der Waals surface area contributed by atoms with Gasteiger partial charge in [-0.1, -0.05) is 0 Å². The van der Waals surface area contributed by atoms with E-state index < -0.39 is 0 Å². The van der Waals surface area contributed by atoms with E-state index in [1.165, 1.54) is 0 Å². The van der Waals surface area contributed by atoms with Crippen molar-refractivity contribution >= 4 is 11.6 Å². The molecule has 0 aliphatic rings. The Balaban J connectivity index is 2.05. The van der Waals surface area contributed by atoms with Crippen molar-refractivity contribution in [3.63, 3.8) is 0 Å². The van der Waals surface area contributed by atoms with Crippen LogP contribution in [-0.2, 0) is 6.54 Å². The Morgan fingerprint density at radius 1 is 1.25 bits per heavy atom. The van der Waals surface area contributed by atoms with Gasteiger partial charge in [0, 0.05) is 24.5 Å². The average Bonchev–Trinajstić information content (AvgIpc) is 2.44. The molecule has 1 heterocycles. The van der Waals surface area contributed by atoms with Crippen LogP contribution in [0, 0.1) is 13.8 Å². The monoisotopic (exact) mass is 270 g/mol. The molecule has 0 aliphatic heterocycles. The van der Waals surface area contributed by atoms with Crippen molar-refractivity contribution in [1.82, 2.24) is 15.3 Å². The van der Waals surface area contributed by atoms with Crippen LogP contribution in [0.2, 0.25) is 0 Å². The minimum atomic E-state index is -0.0959. The maximum Gasteiger partial charge on any atom is 0.251 e. The molecule has 20 heavy (non-hydrogen) atoms. The van der Waals surface area contributed by atoms with E-state index >= 15 is 0 Å². The van der Waals surface area contributed by atoms with E-state index in [9.17, 15) is 4.79 Å². The van der Waals surface area contributed by atoms with Gasteiger partial charge in [0.1, 0.15) is 5.82 Å². The third-order valence-electron chi connectivity index (χ3n) is 3.02. The molecule has 0 unspecified atom stereocenters. The third kappa shape index (κ3) is 3.32. The lowest BCUT2D eigenvalue weighted by Gasteiger charge is -2.09. The lowest BCUT2D eigenvalue weighted by Crippen LogP contribution is -2.24. The second kappa shape index (κ2) is 6.14. The summed E-state index contributed by atoms with van der Waals surface area (Å²) in [6, 6.07) is 7.45. The number of benzene rings is 1. The first-order valence-corrected chi connectivity index (χ1v) is 6.45. The fourth-order valence-corrected chi connectivity index (χ4v) is 1.94. The fraction of sp³-hybridized carbons (Fsp3) is 0.267. The number of nitrogens with one attached hydrogen (secondary N) is 2. The number of hydrogen-bond donors (Lipinski definition) is 2. The molecule has 5 nitrogen and oxygen atoms in total. The van der Waals surface area contributed by atoms with Gasteiger partial charge < -0.3 is 10.6 Å². The summed E-state index contributed by atoms with van der Waals surface area (Å²) in [4.78, 5) is 20.4. The molecule has 2 aromatic rings. The van der Waals surface area contributed by atoms with E-state index in [2.05, 4.69) is 20.6 Å². The zero-order valence-electron chi connectivity index (χ0n) is 11.9. The average molecular weight is 270 g/mol. The first-order valence-electron chi connectivity index (χ1n) is 6.45. The molecule has 0 spiro atoms. The van der Waals surface area contributed by atoms with Crippen LogP contribution in [0.25, 0.3) is 0 Å². The van der Waals surface area contributed by atoms with Crippen molar-refractivity contribution < 1.29 is 4.79 Å². The Hall–Kier alpha value is -2.43. The highest BCUT2D eigenvalue weighted by molar-refractivity contribution is 5.96. The minimum absolute atomic E-state index is 0.0959. The first-order chi connectivity index (χ1) is 9.60. The van der Waals surface area contributed by atoms with Gasteiger partial charge in [0.25, 0.3) is 5.91 Å². The number of carbonyl (C=O) groups excluding carboxylic acids is 1. The normalized spacial score (nSPS) is 10.2. The summed E-state index contributed by atoms with van der Waals surface area (Å²) in [5.74, 6) is 0.604. The van der Waals surface area contributed by atoms with Gasteiger partial charge >= 0.3 is 0 Å². The highest BCUT2D eigenvalue weighted by Crippen LogP contribution is 2.14. The van der Waals surface area contributed by atoms with Crippen molar-refractivity contribution in [3.05, 3.63) is 53.1 Å². The summed E-state index contributed by atoms with van der Waals surface area (Å²) in [7, 11) is 1.85. The maximum atomic E-state index is 12.1. The summed E-state index contributed by atoms with van der Waals surface area (Å²) >= 11 is 0. The molecule has 0 aliphatic carbocycles. The fourth-order valence-electron chi connectivity index (χ4n) is 1.94. The maximum absolute atomic E-state index is 12.1. The summed E-state index contributed by atoms with van der Waals surface area (Å²) in [5, 5.41) is 5.92. The van der Waals surface area contributed by atoms with Gasteiger partial charge in [-0.3, -0.25) is 4.79 Å². The number of carbonyl (C=O) groups is 1. The van der Waals surface area contributed by atoms with Gasteiger partial charge in [-0.2, -0.15) is 0 Å². The predicted octanol–water partition coefficient (Wildman–Crippen LogP) is 2.07. The van der Waals surface area contributed by atoms with E-state index in [1.807, 2.05) is 39.1 Å². The predicted molar refractivity (Wildman–Crippen MR) is 78.7 cm³/mol. The van der Waals surface area contributed by atoms with Crippen LogP contribution < -0.4 is 10.6 Å². The Kier molecular flexibility index (Phi) is 4.30. The highest BCUT2D eigenvalue weighted by atomic mass is 16.1. The lowest BCUT2D eigenvalue weighted by atomic mass is 10.1. The van der Waals surface area contributed by atoms with Gasteiger partial charge in [-0.15, -0.1) is 0 Å². The standard InChI is InChI=1S/C15H18N4O/c1-10-8-12(16-3)4-5-14(10)15(20)18-9-13-6-7-17-11(2)19-13/h4-8,16H,9H2,1-3H3,(H,18,20).